The van der Waals surface area contributed by atoms with Crippen molar-refractivity contribution in [1.29, 1.82) is 0 Å². The fourth-order valence-electron chi connectivity index (χ4n) is 1.89. The number of nitrogens with two attached hydrogens (primary N) is 1. The van der Waals surface area contributed by atoms with Crippen LogP contribution in [0.3, 0.4) is 0 Å². The Kier molecular flexibility index (Phi) is 6.00. The van der Waals surface area contributed by atoms with Crippen LogP contribution in [0.5, 0.6) is 0 Å². The van der Waals surface area contributed by atoms with Gasteiger partial charge in [-0.3, -0.25) is 5.21 Å². The van der Waals surface area contributed by atoms with Gasteiger partial charge in [0.2, 0.25) is 0 Å². The third kappa shape index (κ3) is 5.18. The summed E-state index contributed by atoms with van der Waals surface area (Å²) in [7, 11) is 0. The summed E-state index contributed by atoms with van der Waals surface area (Å²) in [5.74, 6) is 0. The topological polar surface area (TPSA) is 66.6 Å². The summed E-state index contributed by atoms with van der Waals surface area (Å²) in [6.07, 6.45) is 5.27. The molecule has 0 aliphatic carbocycles. The summed E-state index contributed by atoms with van der Waals surface area (Å²) >= 11 is 7.62. The second-order valence-electron chi connectivity index (χ2n) is 4.77. The van der Waals surface area contributed by atoms with Gasteiger partial charge in [-0.05, 0) is 36.2 Å². The van der Waals surface area contributed by atoms with E-state index < -0.39 is 6.03 Å². The Hall–Kier alpha value is -1.82. The molecule has 1 aromatic carbocycles. The maximum atomic E-state index is 10.6. The van der Waals surface area contributed by atoms with E-state index in [0.29, 0.717) is 5.06 Å². The molecule has 0 spiro atoms. The predicted octanol–water partition coefficient (Wildman–Crippen LogP) is 3.86. The second kappa shape index (κ2) is 7.98. The number of amides is 2. The lowest BCUT2D eigenvalue weighted by Gasteiger charge is -2.07. The zero-order chi connectivity index (χ0) is 15.9. The predicted molar refractivity (Wildman–Crippen MR) is 89.5 cm³/mol. The van der Waals surface area contributed by atoms with Gasteiger partial charge in [0.25, 0.3) is 0 Å². The molecule has 22 heavy (non-hydrogen) atoms. The number of hydrogen-bond acceptors (Lipinski definition) is 3. The van der Waals surface area contributed by atoms with E-state index in [0.717, 1.165) is 17.9 Å². The molecule has 1 aromatic heterocycles. The summed E-state index contributed by atoms with van der Waals surface area (Å²) in [5.41, 5.74) is 6.14. The summed E-state index contributed by atoms with van der Waals surface area (Å²) in [6.45, 7) is 0.0956. The van der Waals surface area contributed by atoms with Crippen molar-refractivity contribution in [2.24, 2.45) is 5.73 Å². The molecule has 0 fully saturated rings. The molecule has 0 aliphatic rings. The summed E-state index contributed by atoms with van der Waals surface area (Å²) in [5, 5.41) is 10.3. The van der Waals surface area contributed by atoms with Crippen LogP contribution in [0.4, 0.5) is 4.79 Å². The zero-order valence-corrected chi connectivity index (χ0v) is 13.5. The Balaban J connectivity index is 1.85. The number of allylic oxidation sites excluding steroid dienone is 1. The molecule has 116 valence electrons. The van der Waals surface area contributed by atoms with Crippen LogP contribution in [-0.4, -0.2) is 22.8 Å². The van der Waals surface area contributed by atoms with Crippen molar-refractivity contribution in [3.8, 4) is 0 Å². The molecule has 0 bridgehead atoms. The number of carbonyl (C=O) groups excluding carboxylic acids is 1. The van der Waals surface area contributed by atoms with Gasteiger partial charge in [0.15, 0.2) is 0 Å². The van der Waals surface area contributed by atoms with Crippen LogP contribution in [-0.2, 0) is 12.8 Å². The second-order valence-corrected chi connectivity index (χ2v) is 6.46. The molecule has 0 radical (unpaired) electrons. The Morgan fingerprint density at radius 1 is 1.18 bits per heavy atom. The van der Waals surface area contributed by atoms with Crippen molar-refractivity contribution in [1.82, 2.24) is 5.06 Å². The number of thiophene rings is 1. The lowest BCUT2D eigenvalue weighted by Crippen LogP contribution is -2.32. The maximum Gasteiger partial charge on any atom is 0.338 e. The summed E-state index contributed by atoms with van der Waals surface area (Å²) in [6, 6.07) is 11.2. The van der Waals surface area contributed by atoms with E-state index >= 15 is 0 Å². The van der Waals surface area contributed by atoms with Crippen molar-refractivity contribution in [3.05, 3.63) is 68.9 Å². The van der Waals surface area contributed by atoms with Gasteiger partial charge in [-0.15, -0.1) is 11.3 Å². The van der Waals surface area contributed by atoms with E-state index in [1.165, 1.54) is 15.3 Å². The van der Waals surface area contributed by atoms with E-state index in [1.54, 1.807) is 17.4 Å². The number of hydrogen-bond donors (Lipinski definition) is 2. The molecule has 0 saturated carbocycles. The summed E-state index contributed by atoms with van der Waals surface area (Å²) in [4.78, 5) is 13.1. The molecule has 0 aliphatic heterocycles. The van der Waals surface area contributed by atoms with Gasteiger partial charge in [-0.2, -0.15) is 0 Å². The lowest BCUT2D eigenvalue weighted by atomic mass is 10.1. The van der Waals surface area contributed by atoms with Crippen LogP contribution in [0.2, 0.25) is 5.02 Å². The van der Waals surface area contributed by atoms with Gasteiger partial charge in [-0.1, -0.05) is 35.9 Å². The van der Waals surface area contributed by atoms with Gasteiger partial charge in [-0.25, -0.2) is 9.86 Å². The third-order valence-corrected chi connectivity index (χ3v) is 4.39. The minimum atomic E-state index is -0.856. The highest BCUT2D eigenvalue weighted by molar-refractivity contribution is 7.12. The normalized spacial score (nSPS) is 11.0. The van der Waals surface area contributed by atoms with E-state index in [4.69, 9.17) is 22.5 Å². The molecule has 4 nitrogen and oxygen atoms in total. The number of primary amides is 1. The highest BCUT2D eigenvalue weighted by atomic mass is 35.5. The van der Waals surface area contributed by atoms with Gasteiger partial charge < -0.3 is 5.73 Å². The Bertz CT molecular complexity index is 652. The molecule has 2 amide bonds. The minimum Gasteiger partial charge on any atom is -0.350 e. The summed E-state index contributed by atoms with van der Waals surface area (Å²) < 4.78 is 0. The molecule has 1 heterocycles. The molecular weight excluding hydrogens is 320 g/mol. The van der Waals surface area contributed by atoms with Crippen molar-refractivity contribution < 1.29 is 10.0 Å². The minimum absolute atomic E-state index is 0.0956. The van der Waals surface area contributed by atoms with Crippen molar-refractivity contribution >= 4 is 29.0 Å². The molecule has 0 saturated heterocycles. The Morgan fingerprint density at radius 2 is 1.86 bits per heavy atom. The van der Waals surface area contributed by atoms with Gasteiger partial charge in [0.1, 0.15) is 0 Å². The largest absolute Gasteiger partial charge is 0.350 e. The molecular formula is C16H17ClN2O2S. The van der Waals surface area contributed by atoms with Gasteiger partial charge in [0.05, 0.1) is 6.54 Å². The average molecular weight is 337 g/mol. The van der Waals surface area contributed by atoms with Crippen molar-refractivity contribution in [3.63, 3.8) is 0 Å². The molecule has 3 N–H and O–H groups in total. The van der Waals surface area contributed by atoms with Gasteiger partial charge in [0, 0.05) is 21.2 Å². The highest BCUT2D eigenvalue weighted by Gasteiger charge is 2.02. The number of carbonyl (C=O) groups is 1. The van der Waals surface area contributed by atoms with E-state index in [9.17, 15) is 4.79 Å². The Morgan fingerprint density at radius 3 is 2.55 bits per heavy atom. The van der Waals surface area contributed by atoms with Crippen LogP contribution in [0.15, 0.2) is 48.6 Å². The first kappa shape index (κ1) is 16.5. The fraction of sp³-hybridized carbons (Fsp3) is 0.188. The Labute approximate surface area is 138 Å². The monoisotopic (exact) mass is 336 g/mol. The van der Waals surface area contributed by atoms with Crippen molar-refractivity contribution in [2.75, 3.05) is 6.54 Å². The first-order valence-electron chi connectivity index (χ1n) is 6.77. The van der Waals surface area contributed by atoms with E-state index in [1.807, 2.05) is 30.3 Å². The maximum absolute atomic E-state index is 10.6. The van der Waals surface area contributed by atoms with Crippen LogP contribution in [0, 0.1) is 0 Å². The lowest BCUT2D eigenvalue weighted by molar-refractivity contribution is -0.0288. The smallest absolute Gasteiger partial charge is 0.338 e. The molecule has 6 heteroatoms. The van der Waals surface area contributed by atoms with Crippen molar-refractivity contribution in [2.45, 2.75) is 12.8 Å². The quantitative estimate of drug-likeness (QED) is 0.478. The number of hydroxylamine groups is 2. The molecule has 0 atom stereocenters. The molecule has 2 rings (SSSR count). The molecule has 2 aromatic rings. The van der Waals surface area contributed by atoms with Crippen LogP contribution in [0.1, 0.15) is 15.3 Å². The number of nitrogens with zero attached hydrogens (tertiary/aromatic N) is 1. The average Bonchev–Trinajstić information content (AvgIpc) is 2.93. The van der Waals surface area contributed by atoms with Crippen LogP contribution < -0.4 is 5.73 Å². The number of urea groups is 1. The standard InChI is InChI=1S/C16H17ClN2O2S/c17-13-6-4-12(5-7-13)11-15-9-8-14(22-15)3-1-2-10-19(21)16(18)20/h1-2,4-9,21H,3,10-11H2,(H2,18,20)/b2-1-. The molecule has 0 unspecified atom stereocenters. The highest BCUT2D eigenvalue weighted by Crippen LogP contribution is 2.21. The number of halogens is 1. The van der Waals surface area contributed by atoms with Crippen LogP contribution >= 0.6 is 22.9 Å². The zero-order valence-electron chi connectivity index (χ0n) is 11.9. The fourth-order valence-corrected chi connectivity index (χ4v) is 3.05. The van der Waals surface area contributed by atoms with Crippen LogP contribution in [0.25, 0.3) is 0 Å². The number of benzene rings is 1. The van der Waals surface area contributed by atoms with E-state index in [2.05, 4.69) is 12.1 Å². The first-order chi connectivity index (χ1) is 10.5. The SMILES string of the molecule is NC(=O)N(O)C/C=C\Cc1ccc(Cc2ccc(Cl)cc2)s1. The first-order valence-corrected chi connectivity index (χ1v) is 7.97. The van der Waals surface area contributed by atoms with E-state index in [-0.39, 0.29) is 6.54 Å². The third-order valence-electron chi connectivity index (χ3n) is 3.03. The number of rotatable bonds is 6. The van der Waals surface area contributed by atoms with Gasteiger partial charge >= 0.3 is 6.03 Å².